The Morgan fingerprint density at radius 3 is 2.22 bits per heavy atom. The van der Waals surface area contributed by atoms with Gasteiger partial charge in [-0.15, -0.1) is 12.4 Å². The van der Waals surface area contributed by atoms with Crippen molar-refractivity contribution in [2.24, 2.45) is 5.92 Å². The van der Waals surface area contributed by atoms with Gasteiger partial charge in [0.15, 0.2) is 11.5 Å². The molecule has 6 nitrogen and oxygen atoms in total. The number of hydrogen-bond donors (Lipinski definition) is 1. The van der Waals surface area contributed by atoms with Gasteiger partial charge in [-0.05, 0) is 44.0 Å². The monoisotopic (exact) mass is 408 g/mol. The molecule has 1 fully saturated rings. The molecule has 0 aromatic heterocycles. The quantitative estimate of drug-likeness (QED) is 0.715. The summed E-state index contributed by atoms with van der Waals surface area (Å²) in [6.07, 6.45) is 1.86. The third-order valence-corrected chi connectivity index (χ3v) is 4.50. The average Bonchev–Trinajstić information content (AvgIpc) is 2.65. The molecule has 0 atom stereocenters. The molecule has 154 valence electrons. The zero-order valence-corrected chi connectivity index (χ0v) is 16.6. The number of benzene rings is 1. The normalized spacial score (nSPS) is 14.7. The predicted molar refractivity (Wildman–Crippen MR) is 101 cm³/mol. The van der Waals surface area contributed by atoms with E-state index >= 15 is 0 Å². The molecular formula is C18H27ClF2N2O4. The summed E-state index contributed by atoms with van der Waals surface area (Å²) in [6.45, 7) is 2.27. The Balaban J connectivity index is 0.00000364. The van der Waals surface area contributed by atoms with Crippen molar-refractivity contribution in [2.75, 3.05) is 40.4 Å². The van der Waals surface area contributed by atoms with E-state index in [2.05, 4.69) is 17.0 Å². The smallest absolute Gasteiger partial charge is 0.387 e. The summed E-state index contributed by atoms with van der Waals surface area (Å²) in [6, 6.07) is 2.82. The number of piperidine rings is 1. The number of carbonyl (C=O) groups excluding carboxylic acids is 1. The van der Waals surface area contributed by atoms with E-state index in [1.807, 2.05) is 0 Å². The van der Waals surface area contributed by atoms with Crippen molar-refractivity contribution >= 4 is 18.3 Å². The number of amides is 1. The van der Waals surface area contributed by atoms with Crippen LogP contribution in [0, 0.1) is 5.92 Å². The van der Waals surface area contributed by atoms with Crippen molar-refractivity contribution in [1.82, 2.24) is 10.2 Å². The van der Waals surface area contributed by atoms with Gasteiger partial charge in [0, 0.05) is 18.7 Å². The first kappa shape index (κ1) is 23.2. The number of carbonyl (C=O) groups is 1. The highest BCUT2D eigenvalue weighted by molar-refractivity contribution is 5.95. The molecule has 1 amide bonds. The second-order valence-electron chi connectivity index (χ2n) is 6.13. The van der Waals surface area contributed by atoms with Gasteiger partial charge in [-0.25, -0.2) is 0 Å². The van der Waals surface area contributed by atoms with Gasteiger partial charge in [-0.1, -0.05) is 6.92 Å². The van der Waals surface area contributed by atoms with Gasteiger partial charge in [-0.3, -0.25) is 4.79 Å². The number of ether oxygens (including phenoxy) is 3. The number of halogens is 3. The van der Waals surface area contributed by atoms with Crippen molar-refractivity contribution in [3.05, 3.63) is 17.7 Å². The maximum Gasteiger partial charge on any atom is 0.387 e. The van der Waals surface area contributed by atoms with Crippen molar-refractivity contribution in [2.45, 2.75) is 26.4 Å². The SMILES string of the molecule is CCNCC1CCN(C(=O)c2cc(OC)c(OC(F)F)c(OC)c2)CC1.Cl. The van der Waals surface area contributed by atoms with Gasteiger partial charge in [-0.2, -0.15) is 8.78 Å². The molecule has 0 radical (unpaired) electrons. The second-order valence-corrected chi connectivity index (χ2v) is 6.13. The van der Waals surface area contributed by atoms with E-state index in [-0.39, 0.29) is 35.6 Å². The highest BCUT2D eigenvalue weighted by Gasteiger charge is 2.26. The van der Waals surface area contributed by atoms with Crippen LogP contribution < -0.4 is 19.5 Å². The number of nitrogens with one attached hydrogen (secondary N) is 1. The molecule has 0 bridgehead atoms. The standard InChI is InChI=1S/C18H26F2N2O4.ClH/c1-4-21-11-12-5-7-22(8-6-12)17(23)13-9-14(24-2)16(26-18(19)20)15(10-13)25-3;/h9-10,12,18,21H,4-8,11H2,1-3H3;1H. The van der Waals surface area contributed by atoms with Gasteiger partial charge in [0.1, 0.15) is 0 Å². The van der Waals surface area contributed by atoms with Crippen LogP contribution in [0.1, 0.15) is 30.1 Å². The number of nitrogens with zero attached hydrogens (tertiary/aromatic N) is 1. The topological polar surface area (TPSA) is 60.0 Å². The summed E-state index contributed by atoms with van der Waals surface area (Å²) >= 11 is 0. The largest absolute Gasteiger partial charge is 0.493 e. The Bertz CT molecular complexity index is 586. The van der Waals surface area contributed by atoms with Crippen LogP contribution in [0.3, 0.4) is 0 Å². The average molecular weight is 409 g/mol. The van der Waals surface area contributed by atoms with Crippen LogP contribution >= 0.6 is 12.4 Å². The molecule has 27 heavy (non-hydrogen) atoms. The van der Waals surface area contributed by atoms with Crippen LogP contribution in [-0.2, 0) is 0 Å². The summed E-state index contributed by atoms with van der Waals surface area (Å²) in [5.41, 5.74) is 0.324. The molecule has 1 saturated heterocycles. The molecule has 2 rings (SSSR count). The highest BCUT2D eigenvalue weighted by Crippen LogP contribution is 2.40. The van der Waals surface area contributed by atoms with Gasteiger partial charge in [0.2, 0.25) is 5.75 Å². The lowest BCUT2D eigenvalue weighted by atomic mass is 9.96. The summed E-state index contributed by atoms with van der Waals surface area (Å²) in [4.78, 5) is 14.6. The van der Waals surface area contributed by atoms with E-state index in [1.54, 1.807) is 4.90 Å². The third-order valence-electron chi connectivity index (χ3n) is 4.50. The van der Waals surface area contributed by atoms with Crippen LogP contribution in [0.25, 0.3) is 0 Å². The highest BCUT2D eigenvalue weighted by atomic mass is 35.5. The van der Waals surface area contributed by atoms with Crippen LogP contribution in [0.4, 0.5) is 8.78 Å². The van der Waals surface area contributed by atoms with E-state index < -0.39 is 6.61 Å². The Hall–Kier alpha value is -1.80. The molecular weight excluding hydrogens is 382 g/mol. The van der Waals surface area contributed by atoms with Gasteiger partial charge >= 0.3 is 6.61 Å². The minimum absolute atomic E-state index is 0. The fourth-order valence-electron chi connectivity index (χ4n) is 3.08. The zero-order valence-electron chi connectivity index (χ0n) is 15.8. The minimum atomic E-state index is -3.02. The van der Waals surface area contributed by atoms with Gasteiger partial charge < -0.3 is 24.4 Å². The fraction of sp³-hybridized carbons (Fsp3) is 0.611. The molecule has 1 aromatic rings. The molecule has 1 aromatic carbocycles. The van der Waals surface area contributed by atoms with Crippen LogP contribution in [0.2, 0.25) is 0 Å². The second kappa shape index (κ2) is 11.1. The third kappa shape index (κ3) is 6.10. The lowest BCUT2D eigenvalue weighted by Gasteiger charge is -2.32. The number of methoxy groups -OCH3 is 2. The molecule has 1 aliphatic heterocycles. The number of alkyl halides is 2. The Morgan fingerprint density at radius 1 is 1.22 bits per heavy atom. The van der Waals surface area contributed by atoms with E-state index in [0.29, 0.717) is 24.6 Å². The maximum atomic E-state index is 12.8. The molecule has 0 aliphatic carbocycles. The van der Waals surface area contributed by atoms with Crippen LogP contribution in [-0.4, -0.2) is 57.8 Å². The van der Waals surface area contributed by atoms with E-state index in [9.17, 15) is 13.6 Å². The molecule has 0 saturated carbocycles. The van der Waals surface area contributed by atoms with Crippen molar-refractivity contribution < 1.29 is 27.8 Å². The lowest BCUT2D eigenvalue weighted by molar-refractivity contribution is -0.0526. The van der Waals surface area contributed by atoms with Crippen molar-refractivity contribution in [1.29, 1.82) is 0 Å². The molecule has 1 heterocycles. The Kier molecular flexibility index (Phi) is 9.59. The first-order chi connectivity index (χ1) is 12.5. The lowest BCUT2D eigenvalue weighted by Crippen LogP contribution is -2.40. The first-order valence-electron chi connectivity index (χ1n) is 8.70. The summed E-state index contributed by atoms with van der Waals surface area (Å²) < 4.78 is 39.9. The van der Waals surface area contributed by atoms with E-state index in [4.69, 9.17) is 9.47 Å². The number of likely N-dealkylation sites (tertiary alicyclic amines) is 1. The Morgan fingerprint density at radius 2 is 1.78 bits per heavy atom. The molecule has 1 N–H and O–H groups in total. The van der Waals surface area contributed by atoms with Crippen molar-refractivity contribution in [3.63, 3.8) is 0 Å². The molecule has 9 heteroatoms. The predicted octanol–water partition coefficient (Wildman–Crippen LogP) is 3.19. The summed E-state index contributed by atoms with van der Waals surface area (Å²) in [5.74, 6) is 0.243. The summed E-state index contributed by atoms with van der Waals surface area (Å²) in [7, 11) is 2.65. The van der Waals surface area contributed by atoms with Gasteiger partial charge in [0.25, 0.3) is 5.91 Å². The first-order valence-corrected chi connectivity index (χ1v) is 8.70. The van der Waals surface area contributed by atoms with Crippen LogP contribution in [0.15, 0.2) is 12.1 Å². The molecule has 1 aliphatic rings. The minimum Gasteiger partial charge on any atom is -0.493 e. The maximum absolute atomic E-state index is 12.8. The fourth-order valence-corrected chi connectivity index (χ4v) is 3.08. The van der Waals surface area contributed by atoms with Crippen molar-refractivity contribution in [3.8, 4) is 17.2 Å². The number of rotatable bonds is 8. The van der Waals surface area contributed by atoms with Gasteiger partial charge in [0.05, 0.1) is 14.2 Å². The van der Waals surface area contributed by atoms with E-state index in [0.717, 1.165) is 25.9 Å². The zero-order chi connectivity index (χ0) is 19.1. The molecule has 0 unspecified atom stereocenters. The summed E-state index contributed by atoms with van der Waals surface area (Å²) in [5, 5.41) is 3.33. The van der Waals surface area contributed by atoms with Crippen LogP contribution in [0.5, 0.6) is 17.2 Å². The molecule has 0 spiro atoms. The van der Waals surface area contributed by atoms with E-state index in [1.165, 1.54) is 26.4 Å². The number of hydrogen-bond acceptors (Lipinski definition) is 5. The Labute approximate surface area is 164 Å².